The van der Waals surface area contributed by atoms with E-state index >= 15 is 0 Å². The van der Waals surface area contributed by atoms with Gasteiger partial charge in [-0.25, -0.2) is 24.3 Å². The smallest absolute Gasteiger partial charge is 0.420 e. The van der Waals surface area contributed by atoms with Crippen molar-refractivity contribution in [1.29, 1.82) is 0 Å². The zero-order chi connectivity index (χ0) is 32.1. The van der Waals surface area contributed by atoms with Gasteiger partial charge in [-0.15, -0.1) is 11.6 Å². The second-order valence-electron chi connectivity index (χ2n) is 10.7. The van der Waals surface area contributed by atoms with E-state index in [0.29, 0.717) is 40.8 Å². The second kappa shape index (κ2) is 17.9. The fourth-order valence-corrected chi connectivity index (χ4v) is 6.53. The van der Waals surface area contributed by atoms with Gasteiger partial charge < -0.3 is 20.1 Å². The topological polar surface area (TPSA) is 114 Å². The molecule has 246 valence electrons. The Labute approximate surface area is 287 Å². The molecule has 0 aliphatic carbocycles. The Balaban J connectivity index is 1.45. The molecule has 1 atom stereocenters. The highest BCUT2D eigenvalue weighted by atomic mass is 79.9. The summed E-state index contributed by atoms with van der Waals surface area (Å²) in [5.74, 6) is 1.19. The number of hydrogen-bond donors (Lipinski definition) is 2. The maximum Gasteiger partial charge on any atom is 0.420 e. The van der Waals surface area contributed by atoms with E-state index in [2.05, 4.69) is 43.5 Å². The van der Waals surface area contributed by atoms with Crippen molar-refractivity contribution in [3.63, 3.8) is 0 Å². The predicted molar refractivity (Wildman–Crippen MR) is 186 cm³/mol. The minimum atomic E-state index is -0.531. The number of rotatable bonds is 16. The van der Waals surface area contributed by atoms with Gasteiger partial charge in [0.2, 0.25) is 0 Å². The van der Waals surface area contributed by atoms with Crippen LogP contribution in [0.3, 0.4) is 0 Å². The van der Waals surface area contributed by atoms with Crippen molar-refractivity contribution >= 4 is 67.9 Å². The van der Waals surface area contributed by atoms with Gasteiger partial charge in [-0.05, 0) is 30.7 Å². The van der Waals surface area contributed by atoms with Crippen LogP contribution >= 0.6 is 39.3 Å². The normalized spacial score (nSPS) is 14.4. The minimum absolute atomic E-state index is 0.217. The molecule has 46 heavy (non-hydrogen) atoms. The number of anilines is 2. The van der Waals surface area contributed by atoms with E-state index < -0.39 is 6.09 Å². The first-order valence-electron chi connectivity index (χ1n) is 15.6. The molecule has 1 aliphatic heterocycles. The molecule has 0 spiro atoms. The van der Waals surface area contributed by atoms with E-state index in [4.69, 9.17) is 31.0 Å². The van der Waals surface area contributed by atoms with Crippen molar-refractivity contribution in [1.82, 2.24) is 30.0 Å². The SMILES string of the molecule is CC[NH2+]CCNCCOC(=O)N(c1cccc(Br)c1)c1nc(SCCN2CCOCC2)nc2c1cnn2CC(Cl)c1ccccc1. The van der Waals surface area contributed by atoms with Crippen molar-refractivity contribution in [3.05, 3.63) is 70.8 Å². The van der Waals surface area contributed by atoms with Gasteiger partial charge in [0.05, 0.1) is 55.5 Å². The van der Waals surface area contributed by atoms with Crippen LogP contribution in [0, 0.1) is 0 Å². The predicted octanol–water partition coefficient (Wildman–Crippen LogP) is 4.44. The number of fused-ring (bicyclic) bond motifs is 1. The molecule has 11 nitrogen and oxygen atoms in total. The van der Waals surface area contributed by atoms with Crippen molar-refractivity contribution in [2.45, 2.75) is 24.0 Å². The van der Waals surface area contributed by atoms with Crippen LogP contribution in [0.4, 0.5) is 16.3 Å². The molecule has 1 saturated heterocycles. The molecule has 1 unspecified atom stereocenters. The molecule has 14 heteroatoms. The number of hydrogen-bond acceptors (Lipinski definition) is 9. The molecule has 2 aromatic heterocycles. The first kappa shape index (κ1) is 34.6. The van der Waals surface area contributed by atoms with Gasteiger partial charge >= 0.3 is 6.09 Å². The quantitative estimate of drug-likeness (QED) is 0.0748. The van der Waals surface area contributed by atoms with E-state index in [1.807, 2.05) is 54.6 Å². The Hall–Kier alpha value is -2.78. The van der Waals surface area contributed by atoms with Crippen molar-refractivity contribution < 1.29 is 19.6 Å². The molecule has 1 aliphatic rings. The Bertz CT molecular complexity index is 1540. The number of morpholine rings is 1. The molecule has 1 amide bonds. The van der Waals surface area contributed by atoms with Gasteiger partial charge in [0.1, 0.15) is 6.61 Å². The number of quaternary nitrogens is 1. The average molecular weight is 733 g/mol. The number of amides is 1. The van der Waals surface area contributed by atoms with Gasteiger partial charge in [0.15, 0.2) is 16.6 Å². The third-order valence-electron chi connectivity index (χ3n) is 7.47. The summed E-state index contributed by atoms with van der Waals surface area (Å²) in [5, 5.41) is 11.1. The van der Waals surface area contributed by atoms with Crippen LogP contribution in [0.15, 0.2) is 70.4 Å². The third kappa shape index (κ3) is 9.63. The lowest BCUT2D eigenvalue weighted by atomic mass is 10.1. The van der Waals surface area contributed by atoms with Crippen LogP contribution < -0.4 is 15.5 Å². The molecule has 3 N–H and O–H groups in total. The molecule has 4 aromatic rings. The van der Waals surface area contributed by atoms with E-state index in [1.165, 1.54) is 4.90 Å². The minimum Gasteiger partial charge on any atom is -0.448 e. The monoisotopic (exact) mass is 731 g/mol. The molecule has 5 rings (SSSR count). The Morgan fingerprint density at radius 2 is 2.00 bits per heavy atom. The fraction of sp³-hybridized carbons (Fsp3) is 0.438. The van der Waals surface area contributed by atoms with Crippen molar-refractivity contribution in [2.24, 2.45) is 0 Å². The summed E-state index contributed by atoms with van der Waals surface area (Å²) in [7, 11) is 0. The number of halogens is 2. The lowest BCUT2D eigenvalue weighted by molar-refractivity contribution is -0.649. The summed E-state index contributed by atoms with van der Waals surface area (Å²) >= 11 is 12.0. The van der Waals surface area contributed by atoms with E-state index in [9.17, 15) is 4.79 Å². The van der Waals surface area contributed by atoms with Crippen molar-refractivity contribution in [2.75, 3.05) is 76.3 Å². The molecule has 0 bridgehead atoms. The number of ether oxygens (including phenoxy) is 2. The van der Waals surface area contributed by atoms with Crippen LogP contribution in [-0.4, -0.2) is 102 Å². The summed E-state index contributed by atoms with van der Waals surface area (Å²) < 4.78 is 13.9. The number of nitrogens with two attached hydrogens (primary N) is 1. The average Bonchev–Trinajstić information content (AvgIpc) is 3.47. The highest BCUT2D eigenvalue weighted by Crippen LogP contribution is 2.35. The second-order valence-corrected chi connectivity index (χ2v) is 13.2. The maximum absolute atomic E-state index is 13.9. The Morgan fingerprint density at radius 1 is 1.17 bits per heavy atom. The number of nitrogens with one attached hydrogen (secondary N) is 1. The highest BCUT2D eigenvalue weighted by molar-refractivity contribution is 9.10. The van der Waals surface area contributed by atoms with Crippen molar-refractivity contribution in [3.8, 4) is 0 Å². The number of carbonyl (C=O) groups excluding carboxylic acids is 1. The Morgan fingerprint density at radius 3 is 2.78 bits per heavy atom. The van der Waals surface area contributed by atoms with Crippen LogP contribution in [0.2, 0.25) is 0 Å². The zero-order valence-corrected chi connectivity index (χ0v) is 29.1. The molecule has 1 fully saturated rings. The van der Waals surface area contributed by atoms with Gasteiger partial charge in [0.25, 0.3) is 0 Å². The number of nitrogens with zero attached hydrogens (tertiary/aromatic N) is 6. The van der Waals surface area contributed by atoms with Gasteiger partial charge in [-0.1, -0.05) is 64.1 Å². The standard InChI is InChI=1S/C32H40BrClN8O3S/c1-2-35-11-12-36-13-17-45-32(43)42(26-10-6-9-25(33)21-26)30-27-22-37-41(23-28(34)24-7-4-3-5-8-24)29(27)38-31(39-30)46-20-16-40-14-18-44-19-15-40/h3-10,21-22,28,35-36H,2,11-20,23H2,1H3/p+1. The summed E-state index contributed by atoms with van der Waals surface area (Å²) in [6.45, 7) is 10.3. The van der Waals surface area contributed by atoms with Gasteiger partial charge in [-0.3, -0.25) is 4.90 Å². The molecular formula is C32H41BrClN8O3S+. The lowest BCUT2D eigenvalue weighted by Crippen LogP contribution is -2.85. The van der Waals surface area contributed by atoms with E-state index in [-0.39, 0.29) is 12.0 Å². The van der Waals surface area contributed by atoms with Crippen LogP contribution in [-0.2, 0) is 16.0 Å². The number of thioether (sulfide) groups is 1. The maximum atomic E-state index is 13.9. The summed E-state index contributed by atoms with van der Waals surface area (Å²) in [4.78, 5) is 27.6. The zero-order valence-electron chi connectivity index (χ0n) is 26.0. The number of carbonyl (C=O) groups is 1. The number of aromatic nitrogens is 4. The van der Waals surface area contributed by atoms with Crippen LogP contribution in [0.25, 0.3) is 11.0 Å². The number of benzene rings is 2. The molecule has 2 aromatic carbocycles. The van der Waals surface area contributed by atoms with E-state index in [1.54, 1.807) is 22.6 Å². The molecular weight excluding hydrogens is 692 g/mol. The number of likely N-dealkylation sites (N-methyl/N-ethyl adjacent to an activating group) is 1. The molecule has 0 saturated carbocycles. The Kier molecular flexibility index (Phi) is 13.5. The van der Waals surface area contributed by atoms with E-state index in [0.717, 1.165) is 68.3 Å². The largest absolute Gasteiger partial charge is 0.448 e. The van der Waals surface area contributed by atoms with Gasteiger partial charge in [-0.2, -0.15) is 5.10 Å². The summed E-state index contributed by atoms with van der Waals surface area (Å²) in [5.41, 5.74) is 2.20. The van der Waals surface area contributed by atoms with Crippen LogP contribution in [0.1, 0.15) is 17.9 Å². The van der Waals surface area contributed by atoms with Crippen LogP contribution in [0.5, 0.6) is 0 Å². The first-order chi connectivity index (χ1) is 22.5. The molecule has 0 radical (unpaired) electrons. The summed E-state index contributed by atoms with van der Waals surface area (Å²) in [6, 6.07) is 17.4. The lowest BCUT2D eigenvalue weighted by Gasteiger charge is -2.26. The molecule has 3 heterocycles. The van der Waals surface area contributed by atoms with Gasteiger partial charge in [0, 0.05) is 42.9 Å². The fourth-order valence-electron chi connectivity index (χ4n) is 5.04. The summed E-state index contributed by atoms with van der Waals surface area (Å²) in [6.07, 6.45) is 1.17. The highest BCUT2D eigenvalue weighted by Gasteiger charge is 2.27. The third-order valence-corrected chi connectivity index (χ3v) is 9.18. The first-order valence-corrected chi connectivity index (χ1v) is 17.8. The number of alkyl halides is 1.